The highest BCUT2D eigenvalue weighted by Gasteiger charge is 2.14. The Morgan fingerprint density at radius 1 is 1.47 bits per heavy atom. The number of rotatable bonds is 3. The Bertz CT molecular complexity index is 452. The van der Waals surface area contributed by atoms with Crippen LogP contribution >= 0.6 is 15.9 Å². The number of hydrogen-bond donors (Lipinski definition) is 0. The van der Waals surface area contributed by atoms with Gasteiger partial charge in [-0.25, -0.2) is 0 Å². The number of halogens is 1. The Labute approximate surface area is 110 Å². The third kappa shape index (κ3) is 2.97. The Morgan fingerprint density at radius 3 is 2.94 bits per heavy atom. The second kappa shape index (κ2) is 5.50. The van der Waals surface area contributed by atoms with Crippen LogP contribution in [-0.4, -0.2) is 12.4 Å². The smallest absolute Gasteiger partial charge is 0.153 e. The van der Waals surface area contributed by atoms with Crippen LogP contribution in [0.1, 0.15) is 35.2 Å². The number of aryl methyl sites for hydroxylation is 1. The molecule has 0 radical (unpaired) electrons. The zero-order valence-electron chi connectivity index (χ0n) is 9.78. The lowest BCUT2D eigenvalue weighted by Crippen LogP contribution is -2.17. The van der Waals surface area contributed by atoms with E-state index in [2.05, 4.69) is 28.1 Å². The van der Waals surface area contributed by atoms with Gasteiger partial charge in [-0.2, -0.15) is 0 Å². The summed E-state index contributed by atoms with van der Waals surface area (Å²) >= 11 is 3.38. The summed E-state index contributed by atoms with van der Waals surface area (Å²) in [6.45, 7) is 1.96. The van der Waals surface area contributed by atoms with Crippen LogP contribution in [0.5, 0.6) is 5.75 Å². The van der Waals surface area contributed by atoms with E-state index in [0.717, 1.165) is 35.6 Å². The molecule has 90 valence electrons. The number of benzene rings is 1. The molecular formula is C14H15BrO2. The number of allylic oxidation sites excluding steroid dienone is 1. The van der Waals surface area contributed by atoms with Gasteiger partial charge in [-0.3, -0.25) is 4.79 Å². The van der Waals surface area contributed by atoms with Crippen molar-refractivity contribution in [2.45, 2.75) is 32.3 Å². The number of carbonyl (C=O) groups is 1. The summed E-state index contributed by atoms with van der Waals surface area (Å²) in [5, 5.41) is 0. The van der Waals surface area contributed by atoms with E-state index in [4.69, 9.17) is 4.74 Å². The van der Waals surface area contributed by atoms with Crippen molar-refractivity contribution in [2.24, 2.45) is 0 Å². The molecule has 0 N–H and O–H groups in total. The molecule has 1 aliphatic carbocycles. The standard InChI is InChI=1S/C14H15BrO2/c1-10-7-12(15)8-11(9-16)14(10)17-13-5-3-2-4-6-13/h3,5,7-9,13H,2,4,6H2,1H3. The van der Waals surface area contributed by atoms with E-state index in [1.54, 1.807) is 6.07 Å². The maximum absolute atomic E-state index is 11.1. The Kier molecular flexibility index (Phi) is 4.00. The average molecular weight is 295 g/mol. The van der Waals surface area contributed by atoms with E-state index >= 15 is 0 Å². The predicted octanol–water partition coefficient (Wildman–Crippen LogP) is 4.06. The SMILES string of the molecule is Cc1cc(Br)cc(C=O)c1OC1C=CCCC1. The molecule has 0 fully saturated rings. The first-order chi connectivity index (χ1) is 8.20. The summed E-state index contributed by atoms with van der Waals surface area (Å²) in [5.41, 5.74) is 1.59. The topological polar surface area (TPSA) is 26.3 Å². The quantitative estimate of drug-likeness (QED) is 0.621. The molecule has 2 rings (SSSR count). The molecular weight excluding hydrogens is 280 g/mol. The predicted molar refractivity (Wildman–Crippen MR) is 71.7 cm³/mol. The lowest BCUT2D eigenvalue weighted by Gasteiger charge is -2.21. The Morgan fingerprint density at radius 2 is 2.29 bits per heavy atom. The molecule has 1 aliphatic rings. The van der Waals surface area contributed by atoms with Crippen LogP contribution in [-0.2, 0) is 0 Å². The highest BCUT2D eigenvalue weighted by Crippen LogP contribution is 2.29. The molecule has 1 aromatic rings. The van der Waals surface area contributed by atoms with Crippen molar-refractivity contribution in [3.63, 3.8) is 0 Å². The molecule has 0 aliphatic heterocycles. The summed E-state index contributed by atoms with van der Waals surface area (Å²) < 4.78 is 6.83. The largest absolute Gasteiger partial charge is 0.485 e. The lowest BCUT2D eigenvalue weighted by molar-refractivity contribution is 0.111. The summed E-state index contributed by atoms with van der Waals surface area (Å²) in [4.78, 5) is 11.1. The van der Waals surface area contributed by atoms with E-state index in [9.17, 15) is 4.79 Å². The lowest BCUT2D eigenvalue weighted by atomic mass is 10.0. The van der Waals surface area contributed by atoms with Gasteiger partial charge in [0, 0.05) is 4.47 Å². The van der Waals surface area contributed by atoms with Crippen molar-refractivity contribution in [1.82, 2.24) is 0 Å². The van der Waals surface area contributed by atoms with Gasteiger partial charge in [-0.1, -0.05) is 22.0 Å². The number of aldehydes is 1. The van der Waals surface area contributed by atoms with E-state index in [1.807, 2.05) is 13.0 Å². The van der Waals surface area contributed by atoms with Crippen molar-refractivity contribution in [1.29, 1.82) is 0 Å². The zero-order valence-corrected chi connectivity index (χ0v) is 11.4. The third-order valence-corrected chi connectivity index (χ3v) is 3.33. The van der Waals surface area contributed by atoms with Crippen molar-refractivity contribution < 1.29 is 9.53 Å². The molecule has 1 aromatic carbocycles. The molecule has 0 amide bonds. The molecule has 0 bridgehead atoms. The van der Waals surface area contributed by atoms with Crippen molar-refractivity contribution in [3.05, 3.63) is 39.9 Å². The number of ether oxygens (including phenoxy) is 1. The zero-order chi connectivity index (χ0) is 12.3. The van der Waals surface area contributed by atoms with Crippen LogP contribution in [0.2, 0.25) is 0 Å². The minimum absolute atomic E-state index is 0.0994. The third-order valence-electron chi connectivity index (χ3n) is 2.87. The van der Waals surface area contributed by atoms with E-state index < -0.39 is 0 Å². The first-order valence-corrected chi connectivity index (χ1v) is 6.58. The fourth-order valence-electron chi connectivity index (χ4n) is 2.04. The van der Waals surface area contributed by atoms with Gasteiger partial charge in [0.25, 0.3) is 0 Å². The van der Waals surface area contributed by atoms with Gasteiger partial charge in [0.15, 0.2) is 6.29 Å². The molecule has 1 unspecified atom stereocenters. The number of hydrogen-bond acceptors (Lipinski definition) is 2. The van der Waals surface area contributed by atoms with E-state index in [0.29, 0.717) is 11.3 Å². The van der Waals surface area contributed by atoms with Crippen molar-refractivity contribution >= 4 is 22.2 Å². The Balaban J connectivity index is 2.27. The first-order valence-electron chi connectivity index (χ1n) is 5.79. The monoisotopic (exact) mass is 294 g/mol. The van der Waals surface area contributed by atoms with Gasteiger partial charge in [-0.15, -0.1) is 0 Å². The van der Waals surface area contributed by atoms with Crippen LogP contribution < -0.4 is 4.74 Å². The van der Waals surface area contributed by atoms with Gasteiger partial charge in [0.05, 0.1) is 5.56 Å². The molecule has 0 spiro atoms. The van der Waals surface area contributed by atoms with Crippen LogP contribution in [0.25, 0.3) is 0 Å². The van der Waals surface area contributed by atoms with Gasteiger partial charge in [-0.05, 0) is 50.0 Å². The van der Waals surface area contributed by atoms with Crippen LogP contribution in [0, 0.1) is 6.92 Å². The molecule has 0 saturated heterocycles. The highest BCUT2D eigenvalue weighted by molar-refractivity contribution is 9.10. The molecule has 0 heterocycles. The van der Waals surface area contributed by atoms with Gasteiger partial charge in [0.2, 0.25) is 0 Å². The van der Waals surface area contributed by atoms with Crippen molar-refractivity contribution in [2.75, 3.05) is 0 Å². The van der Waals surface area contributed by atoms with E-state index in [1.165, 1.54) is 0 Å². The molecule has 1 atom stereocenters. The Hall–Kier alpha value is -1.09. The summed E-state index contributed by atoms with van der Waals surface area (Å²) in [5.74, 6) is 0.708. The van der Waals surface area contributed by atoms with Gasteiger partial charge in [0.1, 0.15) is 11.9 Å². The first kappa shape index (κ1) is 12.4. The molecule has 0 aromatic heterocycles. The second-order valence-corrected chi connectivity index (χ2v) is 5.19. The summed E-state index contributed by atoms with van der Waals surface area (Å²) in [6, 6.07) is 3.76. The second-order valence-electron chi connectivity index (χ2n) is 4.27. The molecule has 2 nitrogen and oxygen atoms in total. The van der Waals surface area contributed by atoms with Gasteiger partial charge < -0.3 is 4.74 Å². The fraction of sp³-hybridized carbons (Fsp3) is 0.357. The maximum atomic E-state index is 11.1. The molecule has 0 saturated carbocycles. The van der Waals surface area contributed by atoms with Gasteiger partial charge >= 0.3 is 0 Å². The molecule has 17 heavy (non-hydrogen) atoms. The fourth-order valence-corrected chi connectivity index (χ4v) is 2.63. The number of carbonyl (C=O) groups excluding carboxylic acids is 1. The van der Waals surface area contributed by atoms with Crippen LogP contribution in [0.3, 0.4) is 0 Å². The highest BCUT2D eigenvalue weighted by atomic mass is 79.9. The minimum atomic E-state index is 0.0994. The summed E-state index contributed by atoms with van der Waals surface area (Å²) in [6.07, 6.45) is 8.46. The maximum Gasteiger partial charge on any atom is 0.153 e. The van der Waals surface area contributed by atoms with Crippen LogP contribution in [0.15, 0.2) is 28.8 Å². The normalized spacial score (nSPS) is 19.1. The van der Waals surface area contributed by atoms with Crippen molar-refractivity contribution in [3.8, 4) is 5.75 Å². The molecule has 3 heteroatoms. The average Bonchev–Trinajstić information content (AvgIpc) is 2.33. The summed E-state index contributed by atoms with van der Waals surface area (Å²) in [7, 11) is 0. The van der Waals surface area contributed by atoms with E-state index in [-0.39, 0.29) is 6.10 Å². The van der Waals surface area contributed by atoms with Crippen LogP contribution in [0.4, 0.5) is 0 Å². The minimum Gasteiger partial charge on any atom is -0.485 e.